The molecular formula is C22H17BrN4O4. The monoisotopic (exact) mass is 480 g/mol. The lowest BCUT2D eigenvalue weighted by Gasteiger charge is -2.28. The van der Waals surface area contributed by atoms with Gasteiger partial charge in [0.15, 0.2) is 6.61 Å². The van der Waals surface area contributed by atoms with Gasteiger partial charge in [-0.25, -0.2) is 4.98 Å². The van der Waals surface area contributed by atoms with Gasteiger partial charge in [-0.2, -0.15) is 0 Å². The van der Waals surface area contributed by atoms with Crippen molar-refractivity contribution in [2.75, 3.05) is 28.7 Å². The first-order valence-corrected chi connectivity index (χ1v) is 10.1. The molecule has 0 unspecified atom stereocenters. The molecule has 0 fully saturated rings. The number of hydrogen-bond donors (Lipinski definition) is 2. The summed E-state index contributed by atoms with van der Waals surface area (Å²) in [5, 5.41) is 5.43. The van der Waals surface area contributed by atoms with E-state index in [1.54, 1.807) is 66.9 Å². The molecule has 156 valence electrons. The molecule has 0 radical (unpaired) electrons. The van der Waals surface area contributed by atoms with E-state index in [0.717, 1.165) is 4.47 Å². The summed E-state index contributed by atoms with van der Waals surface area (Å²) in [6, 6.07) is 17.0. The quantitative estimate of drug-likeness (QED) is 0.582. The normalized spacial score (nSPS) is 12.5. The van der Waals surface area contributed by atoms with Crippen LogP contribution in [0.4, 0.5) is 17.2 Å². The highest BCUT2D eigenvalue weighted by atomic mass is 79.9. The first kappa shape index (κ1) is 20.5. The minimum Gasteiger partial charge on any atom is -0.482 e. The summed E-state index contributed by atoms with van der Waals surface area (Å²) >= 11 is 3.29. The van der Waals surface area contributed by atoms with Crippen LogP contribution in [0.2, 0.25) is 0 Å². The molecular weight excluding hydrogens is 464 g/mol. The average Bonchev–Trinajstić information content (AvgIpc) is 2.77. The molecule has 2 heterocycles. The number of hydrogen-bond acceptors (Lipinski definition) is 5. The highest BCUT2D eigenvalue weighted by Gasteiger charge is 2.27. The molecule has 4 rings (SSSR count). The Labute approximate surface area is 186 Å². The van der Waals surface area contributed by atoms with Crippen molar-refractivity contribution in [3.63, 3.8) is 0 Å². The van der Waals surface area contributed by atoms with Crippen LogP contribution < -0.4 is 20.3 Å². The molecule has 0 spiro atoms. The maximum absolute atomic E-state index is 12.6. The molecule has 9 heteroatoms. The highest BCUT2D eigenvalue weighted by Crippen LogP contribution is 2.31. The van der Waals surface area contributed by atoms with E-state index in [9.17, 15) is 14.4 Å². The third-order valence-electron chi connectivity index (χ3n) is 4.49. The van der Waals surface area contributed by atoms with Crippen molar-refractivity contribution in [1.82, 2.24) is 4.98 Å². The summed E-state index contributed by atoms with van der Waals surface area (Å²) in [5.74, 6) is -0.0911. The zero-order valence-electron chi connectivity index (χ0n) is 16.2. The van der Waals surface area contributed by atoms with E-state index in [2.05, 4.69) is 31.5 Å². The summed E-state index contributed by atoms with van der Waals surface area (Å²) in [5.41, 5.74) is 1.34. The highest BCUT2D eigenvalue weighted by molar-refractivity contribution is 9.10. The molecule has 0 saturated heterocycles. The molecule has 2 N–H and O–H groups in total. The topological polar surface area (TPSA) is 101 Å². The number of nitrogens with zero attached hydrogens (tertiary/aromatic N) is 2. The average molecular weight is 481 g/mol. The maximum Gasteiger partial charge on any atom is 0.265 e. The Morgan fingerprint density at radius 1 is 1.06 bits per heavy atom. The lowest BCUT2D eigenvalue weighted by atomic mass is 10.2. The van der Waals surface area contributed by atoms with Gasteiger partial charge in [-0.1, -0.05) is 18.2 Å². The van der Waals surface area contributed by atoms with Crippen molar-refractivity contribution in [1.29, 1.82) is 0 Å². The smallest absolute Gasteiger partial charge is 0.265 e. The minimum absolute atomic E-state index is 0.121. The molecule has 31 heavy (non-hydrogen) atoms. The number of anilines is 3. The van der Waals surface area contributed by atoms with Crippen molar-refractivity contribution in [3.05, 3.63) is 76.9 Å². The fourth-order valence-corrected chi connectivity index (χ4v) is 3.28. The molecule has 3 amide bonds. The number of nitrogens with one attached hydrogen (secondary N) is 2. The Morgan fingerprint density at radius 3 is 2.71 bits per heavy atom. The van der Waals surface area contributed by atoms with Crippen LogP contribution in [-0.2, 0) is 9.59 Å². The van der Waals surface area contributed by atoms with Crippen molar-refractivity contribution in [2.24, 2.45) is 0 Å². The molecule has 2 aromatic carbocycles. The molecule has 1 aliphatic rings. The largest absolute Gasteiger partial charge is 0.482 e. The fourth-order valence-electron chi connectivity index (χ4n) is 3.05. The number of carbonyl (C=O) groups is 3. The predicted octanol–water partition coefficient (Wildman–Crippen LogP) is 3.46. The second-order valence-corrected chi connectivity index (χ2v) is 7.60. The molecule has 0 atom stereocenters. The molecule has 1 aromatic heterocycles. The molecule has 0 aliphatic carbocycles. The summed E-state index contributed by atoms with van der Waals surface area (Å²) in [7, 11) is 0. The van der Waals surface area contributed by atoms with Crippen molar-refractivity contribution in [2.45, 2.75) is 0 Å². The second-order valence-electron chi connectivity index (χ2n) is 6.68. The molecule has 8 nitrogen and oxygen atoms in total. The molecule has 0 bridgehead atoms. The zero-order chi connectivity index (χ0) is 21.8. The van der Waals surface area contributed by atoms with E-state index >= 15 is 0 Å². The Hall–Kier alpha value is -3.72. The number of pyridine rings is 1. The zero-order valence-corrected chi connectivity index (χ0v) is 17.8. The Balaban J connectivity index is 1.43. The first-order valence-electron chi connectivity index (χ1n) is 9.34. The predicted molar refractivity (Wildman–Crippen MR) is 119 cm³/mol. The number of rotatable bonds is 5. The third kappa shape index (κ3) is 4.89. The maximum atomic E-state index is 12.6. The Kier molecular flexibility index (Phi) is 5.94. The van der Waals surface area contributed by atoms with Crippen molar-refractivity contribution in [3.8, 4) is 5.75 Å². The van der Waals surface area contributed by atoms with Crippen LogP contribution in [0.25, 0.3) is 0 Å². The van der Waals surface area contributed by atoms with Crippen LogP contribution in [0.15, 0.2) is 71.3 Å². The first-order chi connectivity index (χ1) is 15.0. The van der Waals surface area contributed by atoms with E-state index in [-0.39, 0.29) is 25.0 Å². The SMILES string of the molecule is O=C(CN1C(=O)COc2ccccc21)Nc1cccc(C(=O)Nc2ccc(Br)cn2)c1. The lowest BCUT2D eigenvalue weighted by Crippen LogP contribution is -2.43. The standard InChI is InChI=1S/C22H17BrN4O4/c23-15-8-9-19(24-11-15)26-22(30)14-4-3-5-16(10-14)25-20(28)12-27-17-6-1-2-7-18(17)31-13-21(27)29/h1-11H,12-13H2,(H,25,28)(H,24,26,30). The third-order valence-corrected chi connectivity index (χ3v) is 4.96. The van der Waals surface area contributed by atoms with Gasteiger partial charge in [0, 0.05) is 21.9 Å². The van der Waals surface area contributed by atoms with Crippen molar-refractivity contribution >= 4 is 50.8 Å². The van der Waals surface area contributed by atoms with Crippen LogP contribution in [0, 0.1) is 0 Å². The number of carbonyl (C=O) groups excluding carboxylic acids is 3. The Bertz CT molecular complexity index is 1150. The number of fused-ring (bicyclic) bond motifs is 1. The van der Waals surface area contributed by atoms with Crippen molar-refractivity contribution < 1.29 is 19.1 Å². The van der Waals surface area contributed by atoms with Gasteiger partial charge in [-0.3, -0.25) is 19.3 Å². The molecule has 1 aliphatic heterocycles. The second kappa shape index (κ2) is 8.97. The summed E-state index contributed by atoms with van der Waals surface area (Å²) < 4.78 is 6.19. The van der Waals surface area contributed by atoms with Crippen LogP contribution in [0.5, 0.6) is 5.75 Å². The number of ether oxygens (including phenoxy) is 1. The number of aromatic nitrogens is 1. The van der Waals surface area contributed by atoms with E-state index in [1.807, 2.05) is 0 Å². The number of benzene rings is 2. The number of para-hydroxylation sites is 2. The van der Waals surface area contributed by atoms with Gasteiger partial charge in [0.05, 0.1) is 5.69 Å². The van der Waals surface area contributed by atoms with Gasteiger partial charge in [-0.15, -0.1) is 0 Å². The summed E-state index contributed by atoms with van der Waals surface area (Å²) in [6.07, 6.45) is 1.58. The van der Waals surface area contributed by atoms with Crippen LogP contribution >= 0.6 is 15.9 Å². The summed E-state index contributed by atoms with van der Waals surface area (Å²) in [6.45, 7) is -0.289. The molecule has 3 aromatic rings. The van der Waals surface area contributed by atoms with Gasteiger partial charge >= 0.3 is 0 Å². The van der Waals surface area contributed by atoms with Gasteiger partial charge in [0.2, 0.25) is 5.91 Å². The number of halogens is 1. The van der Waals surface area contributed by atoms with E-state index in [0.29, 0.717) is 28.5 Å². The lowest BCUT2D eigenvalue weighted by molar-refractivity contribution is -0.123. The van der Waals surface area contributed by atoms with Gasteiger partial charge < -0.3 is 15.4 Å². The van der Waals surface area contributed by atoms with Crippen LogP contribution in [0.3, 0.4) is 0 Å². The Morgan fingerprint density at radius 2 is 1.90 bits per heavy atom. The van der Waals surface area contributed by atoms with E-state index in [4.69, 9.17) is 4.74 Å². The van der Waals surface area contributed by atoms with Crippen LogP contribution in [0.1, 0.15) is 10.4 Å². The fraction of sp³-hybridized carbons (Fsp3) is 0.0909. The van der Waals surface area contributed by atoms with Gasteiger partial charge in [0.25, 0.3) is 11.8 Å². The van der Waals surface area contributed by atoms with E-state index < -0.39 is 5.91 Å². The van der Waals surface area contributed by atoms with E-state index in [1.165, 1.54) is 4.90 Å². The summed E-state index contributed by atoms with van der Waals surface area (Å²) in [4.78, 5) is 42.8. The number of amides is 3. The van der Waals surface area contributed by atoms with Crippen LogP contribution in [-0.4, -0.2) is 35.9 Å². The minimum atomic E-state index is -0.391. The van der Waals surface area contributed by atoms with Gasteiger partial charge in [0.1, 0.15) is 18.1 Å². The van der Waals surface area contributed by atoms with Gasteiger partial charge in [-0.05, 0) is 58.4 Å². The molecule has 0 saturated carbocycles.